The highest BCUT2D eigenvalue weighted by Gasteiger charge is 2.30. The van der Waals surface area contributed by atoms with Gasteiger partial charge in [-0.2, -0.15) is 0 Å². The molecule has 114 valence electrons. The number of nitrogens with zero attached hydrogens (tertiary/aromatic N) is 1. The van der Waals surface area contributed by atoms with Crippen molar-refractivity contribution in [3.63, 3.8) is 0 Å². The SMILES string of the molecule is Cc1cc(CNC2CC(C)CCC2C(C)C)c(C)n1C. The van der Waals surface area contributed by atoms with E-state index in [1.807, 2.05) is 0 Å². The van der Waals surface area contributed by atoms with Gasteiger partial charge in [-0.15, -0.1) is 0 Å². The molecule has 2 heteroatoms. The quantitative estimate of drug-likeness (QED) is 0.872. The Labute approximate surface area is 125 Å². The van der Waals surface area contributed by atoms with E-state index >= 15 is 0 Å². The van der Waals surface area contributed by atoms with E-state index in [1.54, 1.807) is 0 Å². The maximum atomic E-state index is 3.87. The predicted octanol–water partition coefficient (Wildman–Crippen LogP) is 4.19. The molecule has 0 spiro atoms. The predicted molar refractivity (Wildman–Crippen MR) is 86.9 cm³/mol. The highest BCUT2D eigenvalue weighted by atomic mass is 15.0. The van der Waals surface area contributed by atoms with Gasteiger partial charge in [-0.1, -0.05) is 27.2 Å². The maximum Gasteiger partial charge on any atom is 0.0226 e. The Balaban J connectivity index is 2.01. The first-order valence-electron chi connectivity index (χ1n) is 8.25. The van der Waals surface area contributed by atoms with Crippen LogP contribution in [0.15, 0.2) is 6.07 Å². The van der Waals surface area contributed by atoms with Gasteiger partial charge in [0.2, 0.25) is 0 Å². The van der Waals surface area contributed by atoms with Crippen LogP contribution in [0.25, 0.3) is 0 Å². The van der Waals surface area contributed by atoms with E-state index in [-0.39, 0.29) is 0 Å². The van der Waals surface area contributed by atoms with Gasteiger partial charge in [-0.05, 0) is 56.1 Å². The van der Waals surface area contributed by atoms with Crippen LogP contribution in [0, 0.1) is 31.6 Å². The smallest absolute Gasteiger partial charge is 0.0226 e. The average Bonchev–Trinajstić information content (AvgIpc) is 2.63. The van der Waals surface area contributed by atoms with Crippen molar-refractivity contribution in [2.24, 2.45) is 24.8 Å². The van der Waals surface area contributed by atoms with E-state index in [0.717, 1.165) is 24.3 Å². The Morgan fingerprint density at radius 2 is 2.00 bits per heavy atom. The van der Waals surface area contributed by atoms with Gasteiger partial charge in [0.25, 0.3) is 0 Å². The van der Waals surface area contributed by atoms with Gasteiger partial charge in [-0.3, -0.25) is 0 Å². The van der Waals surface area contributed by atoms with Gasteiger partial charge in [0.05, 0.1) is 0 Å². The third kappa shape index (κ3) is 3.28. The van der Waals surface area contributed by atoms with Crippen LogP contribution in [0.5, 0.6) is 0 Å². The van der Waals surface area contributed by atoms with E-state index in [9.17, 15) is 0 Å². The molecule has 0 radical (unpaired) electrons. The Bertz CT molecular complexity index is 445. The molecule has 0 bridgehead atoms. The molecular weight excluding hydrogens is 244 g/mol. The second-order valence-corrected chi connectivity index (χ2v) is 7.27. The minimum atomic E-state index is 0.693. The van der Waals surface area contributed by atoms with Crippen molar-refractivity contribution >= 4 is 0 Å². The summed E-state index contributed by atoms with van der Waals surface area (Å²) in [4.78, 5) is 0. The Hall–Kier alpha value is -0.760. The van der Waals surface area contributed by atoms with Crippen LogP contribution in [0.1, 0.15) is 57.0 Å². The maximum absolute atomic E-state index is 3.87. The summed E-state index contributed by atoms with van der Waals surface area (Å²) in [6, 6.07) is 3.03. The largest absolute Gasteiger partial charge is 0.352 e. The van der Waals surface area contributed by atoms with E-state index in [0.29, 0.717) is 6.04 Å². The van der Waals surface area contributed by atoms with Gasteiger partial charge >= 0.3 is 0 Å². The zero-order valence-corrected chi connectivity index (χ0v) is 14.2. The average molecular weight is 276 g/mol. The molecule has 2 nitrogen and oxygen atoms in total. The first-order valence-corrected chi connectivity index (χ1v) is 8.25. The van der Waals surface area contributed by atoms with Crippen molar-refractivity contribution in [2.75, 3.05) is 0 Å². The highest BCUT2D eigenvalue weighted by Crippen LogP contribution is 2.33. The van der Waals surface area contributed by atoms with Gasteiger partial charge in [0.15, 0.2) is 0 Å². The summed E-state index contributed by atoms with van der Waals surface area (Å²) in [6.07, 6.45) is 4.14. The lowest BCUT2D eigenvalue weighted by Gasteiger charge is -2.38. The second-order valence-electron chi connectivity index (χ2n) is 7.27. The van der Waals surface area contributed by atoms with Crippen molar-refractivity contribution in [1.82, 2.24) is 9.88 Å². The first-order chi connectivity index (χ1) is 9.40. The molecule has 3 atom stereocenters. The summed E-state index contributed by atoms with van der Waals surface area (Å²) >= 11 is 0. The molecule has 1 fully saturated rings. The normalized spacial score (nSPS) is 27.2. The Morgan fingerprint density at radius 1 is 1.30 bits per heavy atom. The van der Waals surface area contributed by atoms with Crippen LogP contribution in [0.2, 0.25) is 0 Å². The molecule has 1 aromatic heterocycles. The lowest BCUT2D eigenvalue weighted by Crippen LogP contribution is -2.42. The van der Waals surface area contributed by atoms with E-state index < -0.39 is 0 Å². The monoisotopic (exact) mass is 276 g/mol. The molecule has 1 saturated carbocycles. The van der Waals surface area contributed by atoms with Crippen LogP contribution >= 0.6 is 0 Å². The van der Waals surface area contributed by atoms with Crippen molar-refractivity contribution in [3.05, 3.63) is 23.0 Å². The molecular formula is C18H32N2. The Kier molecular flexibility index (Phi) is 4.95. The number of nitrogens with one attached hydrogen (secondary N) is 1. The summed E-state index contributed by atoms with van der Waals surface area (Å²) in [6.45, 7) is 12.6. The van der Waals surface area contributed by atoms with E-state index in [4.69, 9.17) is 0 Å². The van der Waals surface area contributed by atoms with E-state index in [2.05, 4.69) is 57.6 Å². The van der Waals surface area contributed by atoms with Gasteiger partial charge in [-0.25, -0.2) is 0 Å². The molecule has 2 rings (SSSR count). The van der Waals surface area contributed by atoms with E-state index in [1.165, 1.54) is 36.2 Å². The standard InChI is InChI=1S/C18H32N2/c1-12(2)17-8-7-13(3)9-18(17)19-11-16-10-14(4)20(6)15(16)5/h10,12-13,17-19H,7-9,11H2,1-6H3. The lowest BCUT2D eigenvalue weighted by atomic mass is 9.74. The number of aromatic nitrogens is 1. The summed E-state index contributed by atoms with van der Waals surface area (Å²) in [7, 11) is 2.16. The molecule has 0 aromatic carbocycles. The molecule has 1 heterocycles. The van der Waals surface area contributed by atoms with Gasteiger partial charge < -0.3 is 9.88 Å². The first kappa shape index (κ1) is 15.6. The molecule has 1 N–H and O–H groups in total. The van der Waals surface area contributed by atoms with Crippen LogP contribution in [-0.2, 0) is 13.6 Å². The van der Waals surface area contributed by atoms with Crippen molar-refractivity contribution in [1.29, 1.82) is 0 Å². The molecule has 0 amide bonds. The minimum absolute atomic E-state index is 0.693. The van der Waals surface area contributed by atoms with Crippen LogP contribution in [0.4, 0.5) is 0 Å². The fourth-order valence-corrected chi connectivity index (χ4v) is 3.79. The second kappa shape index (κ2) is 6.34. The minimum Gasteiger partial charge on any atom is -0.352 e. The molecule has 1 aliphatic rings. The Morgan fingerprint density at radius 3 is 2.55 bits per heavy atom. The number of aryl methyl sites for hydroxylation is 1. The highest BCUT2D eigenvalue weighted by molar-refractivity contribution is 5.26. The van der Waals surface area contributed by atoms with Crippen LogP contribution < -0.4 is 5.32 Å². The number of hydrogen-bond acceptors (Lipinski definition) is 1. The van der Waals surface area contributed by atoms with Crippen molar-refractivity contribution in [2.45, 2.75) is 66.5 Å². The molecule has 1 aliphatic carbocycles. The molecule has 0 saturated heterocycles. The van der Waals surface area contributed by atoms with Crippen molar-refractivity contribution < 1.29 is 0 Å². The molecule has 0 aliphatic heterocycles. The molecule has 20 heavy (non-hydrogen) atoms. The zero-order valence-electron chi connectivity index (χ0n) is 14.2. The summed E-state index contributed by atoms with van der Waals surface area (Å²) in [5.74, 6) is 2.51. The van der Waals surface area contributed by atoms with Gasteiger partial charge in [0, 0.05) is 31.0 Å². The zero-order chi connectivity index (χ0) is 14.9. The molecule has 3 unspecified atom stereocenters. The summed E-state index contributed by atoms with van der Waals surface area (Å²) in [5.41, 5.74) is 4.22. The lowest BCUT2D eigenvalue weighted by molar-refractivity contribution is 0.169. The fourth-order valence-electron chi connectivity index (χ4n) is 3.79. The topological polar surface area (TPSA) is 17.0 Å². The summed E-state index contributed by atoms with van der Waals surface area (Å²) in [5, 5.41) is 3.87. The third-order valence-electron chi connectivity index (χ3n) is 5.46. The summed E-state index contributed by atoms with van der Waals surface area (Å²) < 4.78 is 2.29. The van der Waals surface area contributed by atoms with Crippen LogP contribution in [0.3, 0.4) is 0 Å². The van der Waals surface area contributed by atoms with Crippen molar-refractivity contribution in [3.8, 4) is 0 Å². The fraction of sp³-hybridized carbons (Fsp3) is 0.778. The molecule has 1 aromatic rings. The number of hydrogen-bond donors (Lipinski definition) is 1. The van der Waals surface area contributed by atoms with Crippen LogP contribution in [-0.4, -0.2) is 10.6 Å². The third-order valence-corrected chi connectivity index (χ3v) is 5.46. The number of rotatable bonds is 4. The van der Waals surface area contributed by atoms with Gasteiger partial charge in [0.1, 0.15) is 0 Å².